The Labute approximate surface area is 256 Å². The van der Waals surface area contributed by atoms with Gasteiger partial charge in [0.2, 0.25) is 11.2 Å². The first-order valence-electron chi connectivity index (χ1n) is 11.6. The van der Waals surface area contributed by atoms with Gasteiger partial charge in [0.1, 0.15) is 33.1 Å². The molecule has 0 aromatic carbocycles. The van der Waals surface area contributed by atoms with Gasteiger partial charge in [0.25, 0.3) is 0 Å². The minimum Gasteiger partial charge on any atom is -0.397 e. The fourth-order valence-electron chi connectivity index (χ4n) is 2.90. The summed E-state index contributed by atoms with van der Waals surface area (Å²) in [5.41, 5.74) is 6.58. The number of nitrogens with two attached hydrogens (primary N) is 1. The van der Waals surface area contributed by atoms with Crippen LogP contribution in [0.1, 0.15) is 22.3 Å². The van der Waals surface area contributed by atoms with Crippen molar-refractivity contribution in [3.8, 4) is 0 Å². The highest BCUT2D eigenvalue weighted by atomic mass is 35.5. The molecule has 0 unspecified atom stereocenters. The van der Waals surface area contributed by atoms with Gasteiger partial charge in [0.15, 0.2) is 0 Å². The molecule has 4 heterocycles. The molecule has 4 rings (SSSR count). The van der Waals surface area contributed by atoms with Crippen molar-refractivity contribution in [3.05, 3.63) is 74.8 Å². The molecule has 0 atom stereocenters. The van der Waals surface area contributed by atoms with Gasteiger partial charge in [0, 0.05) is 26.5 Å². The second-order valence-electron chi connectivity index (χ2n) is 8.16. The van der Waals surface area contributed by atoms with E-state index in [1.807, 2.05) is 6.92 Å². The molecule has 0 saturated carbocycles. The van der Waals surface area contributed by atoms with E-state index in [2.05, 4.69) is 45.9 Å². The molecule has 0 spiro atoms. The highest BCUT2D eigenvalue weighted by molar-refractivity contribution is 6.29. The van der Waals surface area contributed by atoms with Crippen molar-refractivity contribution in [2.45, 2.75) is 26.2 Å². The molecule has 0 aliphatic rings. The Hall–Kier alpha value is -3.89. The van der Waals surface area contributed by atoms with Gasteiger partial charge < -0.3 is 21.7 Å². The Bertz CT molecular complexity index is 1540. The number of aryl methyl sites for hydroxylation is 2. The Morgan fingerprint density at radius 2 is 1.16 bits per heavy atom. The molecule has 0 fully saturated rings. The van der Waals surface area contributed by atoms with E-state index in [0.717, 1.165) is 17.3 Å². The molecule has 5 N–H and O–H groups in total. The Morgan fingerprint density at radius 1 is 0.674 bits per heavy atom. The van der Waals surface area contributed by atoms with Gasteiger partial charge in [-0.2, -0.15) is 31.3 Å². The monoisotopic (exact) mass is 670 g/mol. The van der Waals surface area contributed by atoms with Crippen molar-refractivity contribution >= 4 is 63.8 Å². The molecule has 0 radical (unpaired) electrons. The van der Waals surface area contributed by atoms with E-state index in [4.69, 9.17) is 40.5 Å². The lowest BCUT2D eigenvalue weighted by molar-refractivity contribution is -0.138. The summed E-state index contributed by atoms with van der Waals surface area (Å²) in [6.45, 7) is 3.67. The normalized spacial score (nSPS) is 11.0. The third-order valence-corrected chi connectivity index (χ3v) is 5.67. The number of nitrogens with zero attached hydrogens (tertiary/aromatic N) is 6. The van der Waals surface area contributed by atoms with E-state index in [-0.39, 0.29) is 22.9 Å². The van der Waals surface area contributed by atoms with Crippen LogP contribution >= 0.6 is 34.8 Å². The molecule has 0 amide bonds. The number of nitrogen functional groups attached to an aromatic ring is 1. The number of anilines is 5. The average Bonchev–Trinajstić information content (AvgIpc) is 2.91. The van der Waals surface area contributed by atoms with Crippen LogP contribution in [0.4, 0.5) is 55.3 Å². The number of alkyl halides is 6. The standard InChI is InChI=1S/C12H11ClF3N5.C6H5ClF3N3.C6H7ClN2/c1-6-3-9(13)18-5-8(6)20-11-19-4-7(12(14,15)16)10(17-2)21-11;1-11-4-3(6(8,9)10)2-12-5(7)13-4;1-4-2-6(7)9-3-5(4)8/h3-5H,1-2H3,(H2,17,19,20,21);2H,1H3,(H,11,12,13);2-3H,8H2,1H3. The number of rotatable bonds is 4. The van der Waals surface area contributed by atoms with Gasteiger partial charge in [-0.25, -0.2) is 24.9 Å². The lowest BCUT2D eigenvalue weighted by atomic mass is 10.2. The van der Waals surface area contributed by atoms with Crippen LogP contribution in [-0.4, -0.2) is 44.0 Å². The van der Waals surface area contributed by atoms with E-state index < -0.39 is 23.5 Å². The van der Waals surface area contributed by atoms with Gasteiger partial charge in [-0.05, 0) is 48.7 Å². The van der Waals surface area contributed by atoms with Crippen molar-refractivity contribution in [3.63, 3.8) is 0 Å². The quantitative estimate of drug-likeness (QED) is 0.0983. The van der Waals surface area contributed by atoms with E-state index in [0.29, 0.717) is 27.9 Å². The second kappa shape index (κ2) is 15.0. The van der Waals surface area contributed by atoms with Crippen molar-refractivity contribution in [2.75, 3.05) is 35.8 Å². The number of hydrogen-bond donors (Lipinski definition) is 4. The van der Waals surface area contributed by atoms with E-state index in [1.54, 1.807) is 25.3 Å². The Kier molecular flexibility index (Phi) is 12.3. The molecule has 0 aliphatic heterocycles. The molecule has 0 aliphatic carbocycles. The fourth-order valence-corrected chi connectivity index (χ4v) is 3.46. The lowest BCUT2D eigenvalue weighted by Crippen LogP contribution is -2.12. The maximum absolute atomic E-state index is 12.7. The number of nitrogens with one attached hydrogen (secondary N) is 3. The molecule has 232 valence electrons. The third-order valence-electron chi connectivity index (χ3n) is 5.07. The molecular formula is C24H23Cl3F6N10. The smallest absolute Gasteiger partial charge is 0.397 e. The topological polar surface area (TPSA) is 139 Å². The minimum absolute atomic E-state index is 0.0274. The Morgan fingerprint density at radius 3 is 1.63 bits per heavy atom. The van der Waals surface area contributed by atoms with Crippen LogP contribution < -0.4 is 21.7 Å². The first-order chi connectivity index (χ1) is 20.0. The lowest BCUT2D eigenvalue weighted by Gasteiger charge is -2.13. The van der Waals surface area contributed by atoms with E-state index >= 15 is 0 Å². The van der Waals surface area contributed by atoms with Gasteiger partial charge in [-0.3, -0.25) is 0 Å². The molecule has 0 bridgehead atoms. The summed E-state index contributed by atoms with van der Waals surface area (Å²) in [6.07, 6.45) is -4.62. The molecule has 10 nitrogen and oxygen atoms in total. The van der Waals surface area contributed by atoms with Crippen LogP contribution in [0.15, 0.2) is 36.9 Å². The van der Waals surface area contributed by atoms with Crippen LogP contribution in [-0.2, 0) is 12.4 Å². The predicted octanol–water partition coefficient (Wildman–Crippen LogP) is 7.45. The fraction of sp³-hybridized carbons (Fsp3) is 0.250. The summed E-state index contributed by atoms with van der Waals surface area (Å²) in [5, 5.41) is 8.08. The summed E-state index contributed by atoms with van der Waals surface area (Å²) in [4.78, 5) is 21.8. The predicted molar refractivity (Wildman–Crippen MR) is 154 cm³/mol. The zero-order valence-electron chi connectivity index (χ0n) is 22.6. The van der Waals surface area contributed by atoms with Gasteiger partial charge >= 0.3 is 12.4 Å². The van der Waals surface area contributed by atoms with Crippen LogP contribution in [0.5, 0.6) is 0 Å². The number of hydrogen-bond acceptors (Lipinski definition) is 10. The summed E-state index contributed by atoms with van der Waals surface area (Å²) in [5.74, 6) is -0.605. The highest BCUT2D eigenvalue weighted by Gasteiger charge is 2.35. The molecule has 4 aromatic rings. The SMILES string of the molecule is CNc1nc(Cl)ncc1C(F)(F)F.CNc1nc(Nc2cnc(Cl)cc2C)ncc1C(F)(F)F.Cc1cc(Cl)ncc1N. The molecule has 19 heteroatoms. The minimum atomic E-state index is -4.52. The first-order valence-corrected chi connectivity index (χ1v) is 12.8. The van der Waals surface area contributed by atoms with Crippen LogP contribution in [0.2, 0.25) is 15.6 Å². The van der Waals surface area contributed by atoms with Gasteiger partial charge in [-0.1, -0.05) is 23.2 Å². The molecular weight excluding hydrogens is 649 g/mol. The summed E-state index contributed by atoms with van der Waals surface area (Å²) < 4.78 is 74.8. The number of pyridine rings is 2. The first kappa shape index (κ1) is 35.3. The zero-order valence-corrected chi connectivity index (χ0v) is 24.9. The largest absolute Gasteiger partial charge is 0.421 e. The molecule has 4 aromatic heterocycles. The van der Waals surface area contributed by atoms with E-state index in [9.17, 15) is 26.3 Å². The van der Waals surface area contributed by atoms with E-state index in [1.165, 1.54) is 20.3 Å². The highest BCUT2D eigenvalue weighted by Crippen LogP contribution is 2.34. The Balaban J connectivity index is 0.000000249. The summed E-state index contributed by atoms with van der Waals surface area (Å²) in [7, 11) is 2.68. The second-order valence-corrected chi connectivity index (χ2v) is 9.28. The van der Waals surface area contributed by atoms with Crippen LogP contribution in [0, 0.1) is 13.8 Å². The van der Waals surface area contributed by atoms with Crippen molar-refractivity contribution in [1.29, 1.82) is 0 Å². The maximum Gasteiger partial charge on any atom is 0.421 e. The van der Waals surface area contributed by atoms with Gasteiger partial charge in [-0.15, -0.1) is 0 Å². The van der Waals surface area contributed by atoms with Crippen molar-refractivity contribution < 1.29 is 26.3 Å². The number of halogens is 9. The van der Waals surface area contributed by atoms with Crippen molar-refractivity contribution in [2.24, 2.45) is 0 Å². The summed E-state index contributed by atoms with van der Waals surface area (Å²) >= 11 is 16.6. The van der Waals surface area contributed by atoms with Crippen LogP contribution in [0.3, 0.4) is 0 Å². The zero-order chi connectivity index (χ0) is 32.5. The number of aromatic nitrogens is 6. The molecule has 0 saturated heterocycles. The maximum atomic E-state index is 12.7. The third kappa shape index (κ3) is 10.7. The van der Waals surface area contributed by atoms with Crippen molar-refractivity contribution in [1.82, 2.24) is 29.9 Å². The summed E-state index contributed by atoms with van der Waals surface area (Å²) in [6, 6.07) is 3.35. The average molecular weight is 672 g/mol. The van der Waals surface area contributed by atoms with Crippen LogP contribution in [0.25, 0.3) is 0 Å². The van der Waals surface area contributed by atoms with Gasteiger partial charge in [0.05, 0.1) is 23.8 Å². The molecule has 43 heavy (non-hydrogen) atoms.